The normalized spacial score (nSPS) is 16.8. The number of non-ortho nitro benzene ring substituents is 1. The van der Waals surface area contributed by atoms with Crippen LogP contribution in [0.15, 0.2) is 30.6 Å². The third-order valence-corrected chi connectivity index (χ3v) is 3.79. The molecule has 6 heteroatoms. The van der Waals surface area contributed by atoms with Gasteiger partial charge in [-0.1, -0.05) is 18.6 Å². The van der Waals surface area contributed by atoms with Gasteiger partial charge in [0, 0.05) is 18.1 Å². The van der Waals surface area contributed by atoms with Gasteiger partial charge in [0.25, 0.3) is 5.69 Å². The standard InChI is InChI=1S/C13H14N4O2/c18-17(19)11-6-2-5-10(7-11)12(9-3-1-4-9)13-14-8-15-16-13/h2,5-9,12H,1,3-4H2,(H,14,15,16). The number of aromatic amines is 1. The number of hydrogen-bond donors (Lipinski definition) is 1. The summed E-state index contributed by atoms with van der Waals surface area (Å²) in [7, 11) is 0. The van der Waals surface area contributed by atoms with E-state index in [9.17, 15) is 10.1 Å². The van der Waals surface area contributed by atoms with Crippen LogP contribution in [0, 0.1) is 16.0 Å². The fraction of sp³-hybridized carbons (Fsp3) is 0.385. The first kappa shape index (κ1) is 11.8. The van der Waals surface area contributed by atoms with Crippen LogP contribution in [0.25, 0.3) is 0 Å². The van der Waals surface area contributed by atoms with Crippen molar-refractivity contribution in [3.05, 3.63) is 52.1 Å². The molecule has 1 N–H and O–H groups in total. The van der Waals surface area contributed by atoms with Gasteiger partial charge in [-0.05, 0) is 24.3 Å². The Balaban J connectivity index is 1.99. The fourth-order valence-electron chi connectivity index (χ4n) is 2.62. The highest BCUT2D eigenvalue weighted by Gasteiger charge is 2.32. The zero-order valence-corrected chi connectivity index (χ0v) is 10.3. The third-order valence-electron chi connectivity index (χ3n) is 3.79. The van der Waals surface area contributed by atoms with Crippen molar-refractivity contribution >= 4 is 5.69 Å². The maximum Gasteiger partial charge on any atom is 0.269 e. The highest BCUT2D eigenvalue weighted by molar-refractivity contribution is 5.38. The Hall–Kier alpha value is -2.24. The second-order valence-electron chi connectivity index (χ2n) is 4.89. The highest BCUT2D eigenvalue weighted by atomic mass is 16.6. The van der Waals surface area contributed by atoms with Gasteiger partial charge >= 0.3 is 0 Å². The number of nitro groups is 1. The van der Waals surface area contributed by atoms with Crippen molar-refractivity contribution in [1.82, 2.24) is 15.2 Å². The van der Waals surface area contributed by atoms with E-state index in [1.807, 2.05) is 6.07 Å². The minimum absolute atomic E-state index is 0.0798. The minimum atomic E-state index is -0.359. The molecule has 3 rings (SSSR count). The van der Waals surface area contributed by atoms with Gasteiger partial charge in [0.15, 0.2) is 0 Å². The molecule has 0 aliphatic heterocycles. The lowest BCUT2D eigenvalue weighted by Gasteiger charge is -2.32. The van der Waals surface area contributed by atoms with Crippen LogP contribution in [0.5, 0.6) is 0 Å². The zero-order valence-electron chi connectivity index (χ0n) is 10.3. The molecule has 1 saturated carbocycles. The van der Waals surface area contributed by atoms with Crippen LogP contribution in [0.4, 0.5) is 5.69 Å². The molecule has 1 aliphatic rings. The molecule has 19 heavy (non-hydrogen) atoms. The quantitative estimate of drug-likeness (QED) is 0.674. The van der Waals surface area contributed by atoms with Crippen LogP contribution in [0.3, 0.4) is 0 Å². The van der Waals surface area contributed by atoms with Gasteiger partial charge in [-0.2, -0.15) is 5.10 Å². The lowest BCUT2D eigenvalue weighted by molar-refractivity contribution is -0.384. The van der Waals surface area contributed by atoms with Crippen molar-refractivity contribution in [1.29, 1.82) is 0 Å². The first-order chi connectivity index (χ1) is 9.25. The molecule has 2 aromatic rings. The zero-order chi connectivity index (χ0) is 13.2. The predicted octanol–water partition coefficient (Wildman–Crippen LogP) is 2.64. The first-order valence-electron chi connectivity index (χ1n) is 6.35. The Labute approximate surface area is 110 Å². The number of nitro benzene ring substituents is 1. The molecule has 1 aromatic heterocycles. The highest BCUT2D eigenvalue weighted by Crippen LogP contribution is 2.42. The Bertz CT molecular complexity index is 578. The summed E-state index contributed by atoms with van der Waals surface area (Å²) in [5, 5.41) is 17.7. The summed E-state index contributed by atoms with van der Waals surface area (Å²) in [6.45, 7) is 0. The van der Waals surface area contributed by atoms with E-state index in [1.54, 1.807) is 12.1 Å². The van der Waals surface area contributed by atoms with Crippen molar-refractivity contribution in [2.24, 2.45) is 5.92 Å². The SMILES string of the molecule is O=[N+]([O-])c1cccc(C(c2ncn[nH]2)C2CCC2)c1. The van der Waals surface area contributed by atoms with Crippen molar-refractivity contribution in [2.75, 3.05) is 0 Å². The van der Waals surface area contributed by atoms with E-state index in [-0.39, 0.29) is 16.5 Å². The molecule has 1 atom stereocenters. The fourth-order valence-corrected chi connectivity index (χ4v) is 2.62. The second-order valence-corrected chi connectivity index (χ2v) is 4.89. The van der Waals surface area contributed by atoms with E-state index in [0.29, 0.717) is 5.92 Å². The monoisotopic (exact) mass is 258 g/mol. The van der Waals surface area contributed by atoms with E-state index in [4.69, 9.17) is 0 Å². The number of nitrogens with one attached hydrogen (secondary N) is 1. The summed E-state index contributed by atoms with van der Waals surface area (Å²) in [5.41, 5.74) is 1.07. The van der Waals surface area contributed by atoms with Gasteiger partial charge in [0.2, 0.25) is 0 Å². The van der Waals surface area contributed by atoms with Crippen LogP contribution in [0.2, 0.25) is 0 Å². The summed E-state index contributed by atoms with van der Waals surface area (Å²) in [4.78, 5) is 14.8. The molecule has 1 aromatic carbocycles. The van der Waals surface area contributed by atoms with Crippen molar-refractivity contribution < 1.29 is 4.92 Å². The van der Waals surface area contributed by atoms with Gasteiger partial charge in [-0.25, -0.2) is 4.98 Å². The summed E-state index contributed by atoms with van der Waals surface area (Å²) in [6.07, 6.45) is 4.96. The molecule has 98 valence electrons. The summed E-state index contributed by atoms with van der Waals surface area (Å²) >= 11 is 0. The number of aromatic nitrogens is 3. The van der Waals surface area contributed by atoms with E-state index >= 15 is 0 Å². The summed E-state index contributed by atoms with van der Waals surface area (Å²) < 4.78 is 0. The molecule has 0 spiro atoms. The van der Waals surface area contributed by atoms with Crippen LogP contribution in [-0.2, 0) is 0 Å². The Morgan fingerprint density at radius 1 is 1.42 bits per heavy atom. The smallest absolute Gasteiger partial charge is 0.263 e. The number of H-pyrrole nitrogens is 1. The Morgan fingerprint density at radius 3 is 2.84 bits per heavy atom. The molecule has 1 unspecified atom stereocenters. The lowest BCUT2D eigenvalue weighted by Crippen LogP contribution is -2.22. The van der Waals surface area contributed by atoms with Gasteiger partial charge < -0.3 is 0 Å². The number of rotatable bonds is 4. The number of benzene rings is 1. The molecule has 1 fully saturated rings. The van der Waals surface area contributed by atoms with Gasteiger partial charge in [0.05, 0.1) is 4.92 Å². The van der Waals surface area contributed by atoms with E-state index in [2.05, 4.69) is 15.2 Å². The molecule has 0 amide bonds. The molecular formula is C13H14N4O2. The molecule has 6 nitrogen and oxygen atoms in total. The summed E-state index contributed by atoms with van der Waals surface area (Å²) in [5.74, 6) is 1.37. The van der Waals surface area contributed by atoms with Crippen LogP contribution in [0.1, 0.15) is 36.6 Å². The van der Waals surface area contributed by atoms with Crippen molar-refractivity contribution in [3.8, 4) is 0 Å². The van der Waals surface area contributed by atoms with Crippen LogP contribution in [-0.4, -0.2) is 20.1 Å². The van der Waals surface area contributed by atoms with Crippen molar-refractivity contribution in [2.45, 2.75) is 25.2 Å². The van der Waals surface area contributed by atoms with Crippen LogP contribution >= 0.6 is 0 Å². The molecule has 1 aliphatic carbocycles. The van der Waals surface area contributed by atoms with E-state index in [1.165, 1.54) is 18.8 Å². The van der Waals surface area contributed by atoms with E-state index < -0.39 is 0 Å². The lowest BCUT2D eigenvalue weighted by atomic mass is 9.72. The van der Waals surface area contributed by atoms with Gasteiger partial charge in [0.1, 0.15) is 12.2 Å². The molecule has 0 saturated heterocycles. The number of hydrogen-bond acceptors (Lipinski definition) is 4. The first-order valence-corrected chi connectivity index (χ1v) is 6.35. The van der Waals surface area contributed by atoms with E-state index in [0.717, 1.165) is 24.2 Å². The topological polar surface area (TPSA) is 84.7 Å². The van der Waals surface area contributed by atoms with Gasteiger partial charge in [-0.3, -0.25) is 15.2 Å². The van der Waals surface area contributed by atoms with Gasteiger partial charge in [-0.15, -0.1) is 0 Å². The Morgan fingerprint density at radius 2 is 2.26 bits per heavy atom. The van der Waals surface area contributed by atoms with Crippen molar-refractivity contribution in [3.63, 3.8) is 0 Å². The number of nitrogens with zero attached hydrogens (tertiary/aromatic N) is 3. The minimum Gasteiger partial charge on any atom is -0.263 e. The molecule has 0 radical (unpaired) electrons. The average Bonchev–Trinajstić information content (AvgIpc) is 2.87. The maximum absolute atomic E-state index is 10.9. The summed E-state index contributed by atoms with van der Waals surface area (Å²) in [6, 6.07) is 6.82. The third kappa shape index (κ3) is 2.21. The average molecular weight is 258 g/mol. The largest absolute Gasteiger partial charge is 0.269 e. The maximum atomic E-state index is 10.9. The van der Waals surface area contributed by atoms with Crippen LogP contribution < -0.4 is 0 Å². The molecule has 0 bridgehead atoms. The Kier molecular flexibility index (Phi) is 2.98. The predicted molar refractivity (Wildman–Crippen MR) is 68.7 cm³/mol. The molecule has 1 heterocycles. The molecular weight excluding hydrogens is 244 g/mol. The second kappa shape index (κ2) is 4.79.